The molecule has 0 fully saturated rings. The van der Waals surface area contributed by atoms with Gasteiger partial charge in [0.25, 0.3) is 0 Å². The summed E-state index contributed by atoms with van der Waals surface area (Å²) in [6.07, 6.45) is 10.1. The maximum Gasteiger partial charge on any atom is 0.183 e. The lowest BCUT2D eigenvalue weighted by Gasteiger charge is -2.19. The van der Waals surface area contributed by atoms with Crippen molar-refractivity contribution in [2.45, 2.75) is 60.0 Å². The average molecular weight is 489 g/mol. The topological polar surface area (TPSA) is 85.7 Å². The molecule has 0 radical (unpaired) electrons. The monoisotopic (exact) mass is 488 g/mol. The van der Waals surface area contributed by atoms with Gasteiger partial charge in [-0.1, -0.05) is 32.1 Å². The normalized spacial score (nSPS) is 11.1. The second-order valence-electron chi connectivity index (χ2n) is 8.50. The van der Waals surface area contributed by atoms with Crippen LogP contribution in [0.1, 0.15) is 51.2 Å². The molecule has 35 heavy (non-hydrogen) atoms. The van der Waals surface area contributed by atoms with E-state index in [0.29, 0.717) is 11.5 Å². The van der Waals surface area contributed by atoms with Gasteiger partial charge in [-0.15, -0.1) is 0 Å². The van der Waals surface area contributed by atoms with Gasteiger partial charge in [0.05, 0.1) is 28.6 Å². The fourth-order valence-corrected chi connectivity index (χ4v) is 4.78. The number of hydrogen-bond donors (Lipinski definition) is 1. The number of nitrogens with one attached hydrogen (secondary N) is 1. The third-order valence-corrected chi connectivity index (χ3v) is 6.76. The highest BCUT2D eigenvalue weighted by Gasteiger charge is 2.17. The van der Waals surface area contributed by atoms with Crippen molar-refractivity contribution in [1.82, 2.24) is 24.9 Å². The molecular formula is C27H32N6OS. The summed E-state index contributed by atoms with van der Waals surface area (Å²) >= 11 is 1.59. The molecule has 0 aliphatic heterocycles. The summed E-state index contributed by atoms with van der Waals surface area (Å²) in [5.41, 5.74) is 5.58. The van der Waals surface area contributed by atoms with E-state index in [1.54, 1.807) is 29.9 Å². The van der Waals surface area contributed by atoms with Crippen molar-refractivity contribution in [3.8, 4) is 39.1 Å². The van der Waals surface area contributed by atoms with Crippen molar-refractivity contribution in [2.24, 2.45) is 0 Å². The molecule has 0 aliphatic rings. The zero-order valence-corrected chi connectivity index (χ0v) is 21.8. The van der Waals surface area contributed by atoms with E-state index in [4.69, 9.17) is 14.7 Å². The Labute approximate surface area is 211 Å². The first kappa shape index (κ1) is 24.7. The Morgan fingerprint density at radius 3 is 2.29 bits per heavy atom. The number of benzene rings is 1. The minimum atomic E-state index is 0.218. The smallest absolute Gasteiger partial charge is 0.183 e. The van der Waals surface area contributed by atoms with Crippen LogP contribution >= 0.6 is 11.3 Å². The molecule has 1 aromatic carbocycles. The van der Waals surface area contributed by atoms with Gasteiger partial charge in [0.1, 0.15) is 11.4 Å². The maximum absolute atomic E-state index is 6.22. The highest BCUT2D eigenvalue weighted by molar-refractivity contribution is 7.18. The van der Waals surface area contributed by atoms with E-state index in [2.05, 4.69) is 67.0 Å². The van der Waals surface area contributed by atoms with Crippen LogP contribution < -0.4 is 10.1 Å². The first-order valence-corrected chi connectivity index (χ1v) is 13.0. The van der Waals surface area contributed by atoms with Crippen LogP contribution in [0.3, 0.4) is 0 Å². The molecule has 7 nitrogen and oxygen atoms in total. The number of rotatable bonds is 10. The Balaban J connectivity index is 1.80. The van der Waals surface area contributed by atoms with Gasteiger partial charge in [0.15, 0.2) is 11.0 Å². The van der Waals surface area contributed by atoms with Crippen molar-refractivity contribution in [3.05, 3.63) is 54.1 Å². The van der Waals surface area contributed by atoms with Gasteiger partial charge in [0, 0.05) is 30.7 Å². The van der Waals surface area contributed by atoms with Gasteiger partial charge in [-0.2, -0.15) is 0 Å². The molecule has 0 saturated heterocycles. The summed E-state index contributed by atoms with van der Waals surface area (Å²) in [4.78, 5) is 23.9. The molecule has 0 bridgehead atoms. The van der Waals surface area contributed by atoms with Gasteiger partial charge < -0.3 is 10.1 Å². The van der Waals surface area contributed by atoms with Crippen LogP contribution in [0.5, 0.6) is 5.75 Å². The molecule has 8 heteroatoms. The standard InChI is InChI=1S/C27H32N6OS/c1-6-9-30-27-31-16-24(35-27)21-14-22(33-26(32-21)23-15-28-10-11-29-23)25-17(4)12-20(13-18(25)5)34-19(7-2)8-3/h10-16,19H,6-9H2,1-5H3,(H,30,31). The number of nitrogens with zero attached hydrogens (tertiary/aromatic N) is 5. The van der Waals surface area contributed by atoms with E-state index in [9.17, 15) is 0 Å². The quantitative estimate of drug-likeness (QED) is 0.265. The Kier molecular flexibility index (Phi) is 8.02. The Morgan fingerprint density at radius 2 is 1.63 bits per heavy atom. The molecule has 1 N–H and O–H groups in total. The lowest BCUT2D eigenvalue weighted by Crippen LogP contribution is -2.13. The molecule has 0 unspecified atom stereocenters. The SMILES string of the molecule is CCCNc1ncc(-c2cc(-c3c(C)cc(OC(CC)CC)cc3C)nc(-c3cnccn3)n2)s1. The van der Waals surface area contributed by atoms with E-state index in [0.717, 1.165) is 69.6 Å². The molecule has 0 saturated carbocycles. The van der Waals surface area contributed by atoms with E-state index >= 15 is 0 Å². The van der Waals surface area contributed by atoms with Crippen molar-refractivity contribution >= 4 is 16.5 Å². The van der Waals surface area contributed by atoms with Crippen LogP contribution in [0, 0.1) is 13.8 Å². The second-order valence-corrected chi connectivity index (χ2v) is 9.53. The zero-order chi connectivity index (χ0) is 24.8. The number of anilines is 1. The summed E-state index contributed by atoms with van der Waals surface area (Å²) in [6.45, 7) is 11.5. The highest BCUT2D eigenvalue weighted by Crippen LogP contribution is 2.35. The summed E-state index contributed by atoms with van der Waals surface area (Å²) in [5, 5.41) is 4.24. The van der Waals surface area contributed by atoms with Crippen molar-refractivity contribution in [2.75, 3.05) is 11.9 Å². The van der Waals surface area contributed by atoms with Crippen molar-refractivity contribution in [3.63, 3.8) is 0 Å². The van der Waals surface area contributed by atoms with E-state index in [1.165, 1.54) is 0 Å². The lowest BCUT2D eigenvalue weighted by molar-refractivity contribution is 0.192. The van der Waals surface area contributed by atoms with Gasteiger partial charge in [-0.3, -0.25) is 4.98 Å². The second kappa shape index (κ2) is 11.4. The number of aryl methyl sites for hydroxylation is 2. The molecular weight excluding hydrogens is 456 g/mol. The van der Waals surface area contributed by atoms with Crippen LogP contribution in [-0.2, 0) is 0 Å². The largest absolute Gasteiger partial charge is 0.490 e. The summed E-state index contributed by atoms with van der Waals surface area (Å²) in [6, 6.07) is 6.24. The molecule has 0 amide bonds. The van der Waals surface area contributed by atoms with Crippen LogP contribution in [0.15, 0.2) is 43.0 Å². The average Bonchev–Trinajstić information content (AvgIpc) is 3.35. The molecule has 0 aliphatic carbocycles. The predicted octanol–water partition coefficient (Wildman–Crippen LogP) is 6.73. The van der Waals surface area contributed by atoms with Crippen LogP contribution in [0.2, 0.25) is 0 Å². The van der Waals surface area contributed by atoms with Gasteiger partial charge in [-0.25, -0.2) is 19.9 Å². The number of thiazole rings is 1. The Bertz CT molecular complexity index is 1250. The van der Waals surface area contributed by atoms with Crippen LogP contribution in [0.4, 0.5) is 5.13 Å². The number of ether oxygens (including phenoxy) is 1. The molecule has 182 valence electrons. The van der Waals surface area contributed by atoms with Crippen LogP contribution in [0.25, 0.3) is 33.3 Å². The van der Waals surface area contributed by atoms with E-state index in [1.807, 2.05) is 12.3 Å². The number of aromatic nitrogens is 5. The van der Waals surface area contributed by atoms with Gasteiger partial charge in [-0.05, 0) is 62.4 Å². The van der Waals surface area contributed by atoms with Crippen molar-refractivity contribution < 1.29 is 4.74 Å². The molecule has 4 rings (SSSR count). The van der Waals surface area contributed by atoms with E-state index in [-0.39, 0.29) is 6.10 Å². The molecule has 0 atom stereocenters. The van der Waals surface area contributed by atoms with Crippen LogP contribution in [-0.4, -0.2) is 37.6 Å². The van der Waals surface area contributed by atoms with Gasteiger partial charge in [0.2, 0.25) is 0 Å². The summed E-state index contributed by atoms with van der Waals surface area (Å²) in [7, 11) is 0. The third kappa shape index (κ3) is 5.82. The molecule has 4 aromatic rings. The van der Waals surface area contributed by atoms with Gasteiger partial charge >= 0.3 is 0 Å². The lowest BCUT2D eigenvalue weighted by atomic mass is 9.98. The number of hydrogen-bond acceptors (Lipinski definition) is 8. The molecule has 3 aromatic heterocycles. The maximum atomic E-state index is 6.22. The fraction of sp³-hybridized carbons (Fsp3) is 0.370. The summed E-state index contributed by atoms with van der Waals surface area (Å²) < 4.78 is 6.22. The van der Waals surface area contributed by atoms with Crippen molar-refractivity contribution in [1.29, 1.82) is 0 Å². The fourth-order valence-electron chi connectivity index (χ4n) is 3.98. The zero-order valence-electron chi connectivity index (χ0n) is 21.0. The Morgan fingerprint density at radius 1 is 0.886 bits per heavy atom. The summed E-state index contributed by atoms with van der Waals surface area (Å²) in [5.74, 6) is 1.44. The third-order valence-electron chi connectivity index (χ3n) is 5.78. The first-order valence-electron chi connectivity index (χ1n) is 12.2. The van der Waals surface area contributed by atoms with E-state index < -0.39 is 0 Å². The molecule has 0 spiro atoms. The minimum absolute atomic E-state index is 0.218. The minimum Gasteiger partial charge on any atom is -0.490 e. The Hall–Kier alpha value is -3.39. The first-order chi connectivity index (χ1) is 17.0. The predicted molar refractivity (Wildman–Crippen MR) is 143 cm³/mol. The molecule has 3 heterocycles. The highest BCUT2D eigenvalue weighted by atomic mass is 32.1.